The van der Waals surface area contributed by atoms with Gasteiger partial charge in [-0.15, -0.1) is 0 Å². The van der Waals surface area contributed by atoms with Crippen molar-refractivity contribution in [1.82, 2.24) is 9.88 Å². The fourth-order valence-electron chi connectivity index (χ4n) is 3.29. The number of ether oxygens (including phenoxy) is 2. The number of halogens is 1. The number of aryl methyl sites for hydroxylation is 1. The molecular formula is C24H23FN2O5. The lowest BCUT2D eigenvalue weighted by molar-refractivity contribution is -0.124. The van der Waals surface area contributed by atoms with Crippen LogP contribution in [-0.2, 0) is 20.8 Å². The fourth-order valence-corrected chi connectivity index (χ4v) is 3.29. The van der Waals surface area contributed by atoms with Crippen molar-refractivity contribution in [3.8, 4) is 5.69 Å². The van der Waals surface area contributed by atoms with Crippen LogP contribution in [0.1, 0.15) is 37.7 Å². The highest BCUT2D eigenvalue weighted by Gasteiger charge is 2.19. The minimum atomic E-state index is -0.621. The van der Waals surface area contributed by atoms with E-state index in [1.807, 2.05) is 11.5 Å². The third-order valence-electron chi connectivity index (χ3n) is 4.93. The van der Waals surface area contributed by atoms with Gasteiger partial charge >= 0.3 is 11.9 Å². The molecule has 8 heteroatoms. The maximum absolute atomic E-state index is 13.2. The van der Waals surface area contributed by atoms with Gasteiger partial charge in [0.25, 0.3) is 5.91 Å². The molecule has 32 heavy (non-hydrogen) atoms. The summed E-state index contributed by atoms with van der Waals surface area (Å²) in [5.74, 6) is -1.86. The highest BCUT2D eigenvalue weighted by atomic mass is 19.1. The summed E-state index contributed by atoms with van der Waals surface area (Å²) in [6.07, 6.45) is 0. The van der Waals surface area contributed by atoms with E-state index in [1.54, 1.807) is 49.4 Å². The number of nitrogens with zero attached hydrogens (tertiary/aromatic N) is 1. The normalized spacial score (nSPS) is 10.5. The maximum Gasteiger partial charge on any atom is 0.340 e. The zero-order chi connectivity index (χ0) is 23.3. The highest BCUT2D eigenvalue weighted by Crippen LogP contribution is 2.21. The smallest absolute Gasteiger partial charge is 0.340 e. The van der Waals surface area contributed by atoms with Gasteiger partial charge in [-0.3, -0.25) is 4.79 Å². The monoisotopic (exact) mass is 438 g/mol. The number of hydrogen-bond acceptors (Lipinski definition) is 5. The number of benzene rings is 2. The van der Waals surface area contributed by atoms with Gasteiger partial charge in [0.1, 0.15) is 5.82 Å². The maximum atomic E-state index is 13.2. The highest BCUT2D eigenvalue weighted by molar-refractivity contribution is 5.93. The molecule has 2 aromatic carbocycles. The Morgan fingerprint density at radius 1 is 0.969 bits per heavy atom. The van der Waals surface area contributed by atoms with Crippen molar-refractivity contribution in [2.24, 2.45) is 0 Å². The zero-order valence-electron chi connectivity index (χ0n) is 18.0. The Balaban J connectivity index is 1.56. The molecule has 3 rings (SSSR count). The number of rotatable bonds is 7. The van der Waals surface area contributed by atoms with Crippen molar-refractivity contribution in [1.29, 1.82) is 0 Å². The van der Waals surface area contributed by atoms with Crippen molar-refractivity contribution in [2.75, 3.05) is 13.7 Å². The van der Waals surface area contributed by atoms with Gasteiger partial charge in [0.05, 0.1) is 18.2 Å². The van der Waals surface area contributed by atoms with E-state index < -0.39 is 24.5 Å². The van der Waals surface area contributed by atoms with Gasteiger partial charge in [-0.2, -0.15) is 0 Å². The van der Waals surface area contributed by atoms with Crippen molar-refractivity contribution in [3.63, 3.8) is 0 Å². The molecule has 0 unspecified atom stereocenters. The Bertz CT molecular complexity index is 1130. The number of esters is 2. The fraction of sp³-hybridized carbons (Fsp3) is 0.208. The molecule has 0 bridgehead atoms. The van der Waals surface area contributed by atoms with E-state index in [9.17, 15) is 18.8 Å². The third kappa shape index (κ3) is 5.21. The molecule has 166 valence electrons. The van der Waals surface area contributed by atoms with Crippen molar-refractivity contribution >= 4 is 17.8 Å². The van der Waals surface area contributed by atoms with Gasteiger partial charge in [-0.1, -0.05) is 12.1 Å². The standard InChI is InChI=1S/C24H23FN2O5/c1-15-12-21(16(2)27(15)20-10-8-19(25)9-11-20)24(30)32-14-22(28)26-13-17-4-6-18(7-5-17)23(29)31-3/h4-12H,13-14H2,1-3H3,(H,26,28). The minimum absolute atomic E-state index is 0.219. The molecule has 7 nitrogen and oxygen atoms in total. The molecular weight excluding hydrogens is 415 g/mol. The summed E-state index contributed by atoms with van der Waals surface area (Å²) in [6, 6.07) is 14.2. The van der Waals surface area contributed by atoms with Crippen molar-refractivity contribution in [3.05, 3.63) is 88.5 Å². The second-order valence-electron chi connectivity index (χ2n) is 7.14. The molecule has 0 saturated heterocycles. The summed E-state index contributed by atoms with van der Waals surface area (Å²) in [6.45, 7) is 3.37. The van der Waals surface area contributed by atoms with Crippen LogP contribution in [0.2, 0.25) is 0 Å². The molecule has 1 amide bonds. The number of methoxy groups -OCH3 is 1. The van der Waals surface area contributed by atoms with Crippen LogP contribution in [0.3, 0.4) is 0 Å². The summed E-state index contributed by atoms with van der Waals surface area (Å²) in [5, 5.41) is 2.66. The van der Waals surface area contributed by atoms with Gasteiger partial charge in [-0.25, -0.2) is 14.0 Å². The molecule has 0 aliphatic heterocycles. The Labute approximate surface area is 184 Å². The molecule has 0 saturated carbocycles. The third-order valence-corrected chi connectivity index (χ3v) is 4.93. The second-order valence-corrected chi connectivity index (χ2v) is 7.14. The van der Waals surface area contributed by atoms with E-state index in [0.717, 1.165) is 16.9 Å². The Morgan fingerprint density at radius 2 is 1.62 bits per heavy atom. The molecule has 0 aliphatic carbocycles. The molecule has 0 spiro atoms. The molecule has 0 atom stereocenters. The first-order valence-electron chi connectivity index (χ1n) is 9.86. The topological polar surface area (TPSA) is 86.6 Å². The lowest BCUT2D eigenvalue weighted by Crippen LogP contribution is -2.28. The first-order chi connectivity index (χ1) is 15.3. The van der Waals surface area contributed by atoms with E-state index in [2.05, 4.69) is 10.1 Å². The van der Waals surface area contributed by atoms with Crippen LogP contribution >= 0.6 is 0 Å². The minimum Gasteiger partial charge on any atom is -0.465 e. The lowest BCUT2D eigenvalue weighted by Gasteiger charge is -2.10. The summed E-state index contributed by atoms with van der Waals surface area (Å²) in [5.41, 5.74) is 3.65. The van der Waals surface area contributed by atoms with Crippen LogP contribution in [-0.4, -0.2) is 36.1 Å². The van der Waals surface area contributed by atoms with Gasteiger partial charge in [0.2, 0.25) is 0 Å². The van der Waals surface area contributed by atoms with E-state index in [4.69, 9.17) is 4.74 Å². The molecule has 0 fully saturated rings. The molecule has 1 heterocycles. The SMILES string of the molecule is COC(=O)c1ccc(CNC(=O)COC(=O)c2cc(C)n(-c3ccc(F)cc3)c2C)cc1. The van der Waals surface area contributed by atoms with E-state index >= 15 is 0 Å². The predicted octanol–water partition coefficient (Wildman–Crippen LogP) is 3.49. The quantitative estimate of drug-likeness (QED) is 0.571. The number of amides is 1. The van der Waals surface area contributed by atoms with Crippen LogP contribution in [0.15, 0.2) is 54.6 Å². The average molecular weight is 438 g/mol. The zero-order valence-corrected chi connectivity index (χ0v) is 18.0. The van der Waals surface area contributed by atoms with Crippen molar-refractivity contribution < 1.29 is 28.2 Å². The predicted molar refractivity (Wildman–Crippen MR) is 115 cm³/mol. The van der Waals surface area contributed by atoms with E-state index in [1.165, 1.54) is 19.2 Å². The van der Waals surface area contributed by atoms with Gasteiger partial charge in [0.15, 0.2) is 6.61 Å². The lowest BCUT2D eigenvalue weighted by atomic mass is 10.1. The largest absolute Gasteiger partial charge is 0.465 e. The summed E-state index contributed by atoms with van der Waals surface area (Å²) >= 11 is 0. The van der Waals surface area contributed by atoms with Crippen molar-refractivity contribution in [2.45, 2.75) is 20.4 Å². The molecule has 0 aliphatic rings. The summed E-state index contributed by atoms with van der Waals surface area (Å²) in [7, 11) is 1.30. The summed E-state index contributed by atoms with van der Waals surface area (Å²) in [4.78, 5) is 36.0. The van der Waals surface area contributed by atoms with Crippen LogP contribution in [0, 0.1) is 19.7 Å². The van der Waals surface area contributed by atoms with Gasteiger partial charge in [-0.05, 0) is 61.9 Å². The molecule has 1 aromatic heterocycles. The molecule has 1 N–H and O–H groups in total. The van der Waals surface area contributed by atoms with Crippen LogP contribution < -0.4 is 5.32 Å². The van der Waals surface area contributed by atoms with E-state index in [-0.39, 0.29) is 12.4 Å². The van der Waals surface area contributed by atoms with Gasteiger partial charge < -0.3 is 19.4 Å². The van der Waals surface area contributed by atoms with Crippen LogP contribution in [0.5, 0.6) is 0 Å². The Morgan fingerprint density at radius 3 is 2.25 bits per heavy atom. The Hall–Kier alpha value is -3.94. The average Bonchev–Trinajstić information content (AvgIpc) is 3.10. The summed E-state index contributed by atoms with van der Waals surface area (Å²) < 4.78 is 24.8. The molecule has 0 radical (unpaired) electrons. The number of hydrogen-bond donors (Lipinski definition) is 1. The number of nitrogens with one attached hydrogen (secondary N) is 1. The Kier molecular flexibility index (Phi) is 7.04. The van der Waals surface area contributed by atoms with Crippen LogP contribution in [0.4, 0.5) is 4.39 Å². The number of carbonyl (C=O) groups excluding carboxylic acids is 3. The molecule has 3 aromatic rings. The number of carbonyl (C=O) groups is 3. The van der Waals surface area contributed by atoms with E-state index in [0.29, 0.717) is 16.8 Å². The van der Waals surface area contributed by atoms with Gasteiger partial charge in [0, 0.05) is 23.6 Å². The number of aromatic nitrogens is 1. The first-order valence-corrected chi connectivity index (χ1v) is 9.86. The van der Waals surface area contributed by atoms with Crippen LogP contribution in [0.25, 0.3) is 5.69 Å². The first kappa shape index (κ1) is 22.7. The second kappa shape index (κ2) is 9.91.